The molecule has 1 aromatic rings. The number of carbonyl (C=O) groups excluding carboxylic acids is 1. The molecule has 0 saturated heterocycles. The molecule has 0 bridgehead atoms. The van der Waals surface area contributed by atoms with Crippen LogP contribution >= 0.6 is 22.6 Å². The first-order valence-corrected chi connectivity index (χ1v) is 6.23. The van der Waals surface area contributed by atoms with Gasteiger partial charge in [0, 0.05) is 3.57 Å². The van der Waals surface area contributed by atoms with Crippen molar-refractivity contribution in [1.29, 1.82) is 0 Å². The number of halogens is 2. The molecule has 1 aliphatic carbocycles. The first-order chi connectivity index (χ1) is 7.61. The Bertz CT molecular complexity index is 395. The van der Waals surface area contributed by atoms with E-state index in [1.165, 1.54) is 19.2 Å². The second kappa shape index (κ2) is 4.69. The number of rotatable bonds is 3. The van der Waals surface area contributed by atoms with Crippen molar-refractivity contribution >= 4 is 28.6 Å². The van der Waals surface area contributed by atoms with Crippen molar-refractivity contribution in [1.82, 2.24) is 0 Å². The molecule has 0 spiro atoms. The van der Waals surface area contributed by atoms with Crippen molar-refractivity contribution in [2.75, 3.05) is 7.11 Å². The van der Waals surface area contributed by atoms with Crippen molar-refractivity contribution in [3.05, 3.63) is 33.1 Å². The summed E-state index contributed by atoms with van der Waals surface area (Å²) in [5.41, 5.74) is 0.735. The number of hydrogen-bond acceptors (Lipinski definition) is 2. The average Bonchev–Trinajstić information content (AvgIpc) is 3.00. The Balaban J connectivity index is 2.34. The Morgan fingerprint density at radius 1 is 1.50 bits per heavy atom. The fourth-order valence-electron chi connectivity index (χ4n) is 1.91. The highest BCUT2D eigenvalue weighted by Crippen LogP contribution is 2.43. The molecular formula is C12H12FIO2. The minimum Gasteiger partial charge on any atom is -0.469 e. The molecular weight excluding hydrogens is 322 g/mol. The summed E-state index contributed by atoms with van der Waals surface area (Å²) >= 11 is 2.05. The van der Waals surface area contributed by atoms with Crippen LogP contribution in [0.4, 0.5) is 4.39 Å². The summed E-state index contributed by atoms with van der Waals surface area (Å²) < 4.78 is 18.9. The molecule has 16 heavy (non-hydrogen) atoms. The molecule has 1 unspecified atom stereocenters. The van der Waals surface area contributed by atoms with Gasteiger partial charge >= 0.3 is 5.97 Å². The maximum atomic E-state index is 13.3. The van der Waals surface area contributed by atoms with Crippen molar-refractivity contribution in [2.45, 2.75) is 18.8 Å². The van der Waals surface area contributed by atoms with E-state index in [0.717, 1.165) is 22.0 Å². The molecule has 1 saturated carbocycles. The first-order valence-electron chi connectivity index (χ1n) is 5.15. The number of benzene rings is 1. The van der Waals surface area contributed by atoms with Gasteiger partial charge in [-0.25, -0.2) is 4.39 Å². The Kier molecular flexibility index (Phi) is 3.47. The molecule has 0 aliphatic heterocycles. The predicted octanol–water partition coefficient (Wildman–Crippen LogP) is 3.10. The van der Waals surface area contributed by atoms with Crippen LogP contribution in [0.1, 0.15) is 24.3 Å². The van der Waals surface area contributed by atoms with Crippen LogP contribution in [-0.2, 0) is 9.53 Å². The van der Waals surface area contributed by atoms with Crippen molar-refractivity contribution < 1.29 is 13.9 Å². The lowest BCUT2D eigenvalue weighted by atomic mass is 9.94. The smallest absolute Gasteiger partial charge is 0.313 e. The van der Waals surface area contributed by atoms with Crippen LogP contribution in [0.3, 0.4) is 0 Å². The molecule has 0 radical (unpaired) electrons. The molecule has 1 aromatic carbocycles. The molecule has 0 N–H and O–H groups in total. The first kappa shape index (κ1) is 11.8. The zero-order valence-corrected chi connectivity index (χ0v) is 11.0. The summed E-state index contributed by atoms with van der Waals surface area (Å²) in [6.45, 7) is 0. The minimum atomic E-state index is -0.297. The van der Waals surface area contributed by atoms with Crippen LogP contribution in [0.5, 0.6) is 0 Å². The maximum absolute atomic E-state index is 13.3. The number of esters is 1. The fourth-order valence-corrected chi connectivity index (χ4v) is 2.57. The highest BCUT2D eigenvalue weighted by atomic mass is 127. The lowest BCUT2D eigenvalue weighted by molar-refractivity contribution is -0.143. The monoisotopic (exact) mass is 334 g/mol. The van der Waals surface area contributed by atoms with Crippen molar-refractivity contribution in [3.63, 3.8) is 0 Å². The maximum Gasteiger partial charge on any atom is 0.313 e. The second-order valence-electron chi connectivity index (χ2n) is 4.04. The van der Waals surface area contributed by atoms with Gasteiger partial charge in [0.25, 0.3) is 0 Å². The third-order valence-electron chi connectivity index (χ3n) is 2.79. The summed E-state index contributed by atoms with van der Waals surface area (Å²) in [5, 5.41) is 0. The normalized spacial score (nSPS) is 16.9. The minimum absolute atomic E-state index is 0.260. The molecule has 2 nitrogen and oxygen atoms in total. The van der Waals surface area contributed by atoms with Crippen LogP contribution in [0, 0.1) is 15.3 Å². The highest BCUT2D eigenvalue weighted by Gasteiger charge is 2.38. The molecule has 1 atom stereocenters. The SMILES string of the molecule is COC(=O)C(c1cc(F)cc(I)c1)C1CC1. The molecule has 0 amide bonds. The Morgan fingerprint density at radius 3 is 2.69 bits per heavy atom. The molecule has 1 fully saturated rings. The largest absolute Gasteiger partial charge is 0.469 e. The average molecular weight is 334 g/mol. The van der Waals surface area contributed by atoms with Crippen LogP contribution in [0.15, 0.2) is 18.2 Å². The third-order valence-corrected chi connectivity index (χ3v) is 3.42. The highest BCUT2D eigenvalue weighted by molar-refractivity contribution is 14.1. The van der Waals surface area contributed by atoms with E-state index in [9.17, 15) is 9.18 Å². The van der Waals surface area contributed by atoms with Gasteiger partial charge in [0.1, 0.15) is 5.82 Å². The zero-order valence-electron chi connectivity index (χ0n) is 8.87. The standard InChI is InChI=1S/C12H12FIO2/c1-16-12(15)11(7-2-3-7)8-4-9(13)6-10(14)5-8/h4-7,11H,2-3H2,1H3. The molecule has 86 valence electrons. The summed E-state index contributed by atoms with van der Waals surface area (Å²) in [6.07, 6.45) is 2.04. The van der Waals surface area contributed by atoms with E-state index in [1.807, 2.05) is 6.07 Å². The number of hydrogen-bond donors (Lipinski definition) is 0. The molecule has 2 rings (SSSR count). The quantitative estimate of drug-likeness (QED) is 0.627. The van der Waals surface area contributed by atoms with Gasteiger partial charge in [0.05, 0.1) is 13.0 Å². The van der Waals surface area contributed by atoms with Gasteiger partial charge in [-0.05, 0) is 65.1 Å². The van der Waals surface area contributed by atoms with Gasteiger partial charge in [-0.3, -0.25) is 4.79 Å². The van der Waals surface area contributed by atoms with E-state index in [2.05, 4.69) is 22.6 Å². The summed E-state index contributed by atoms with van der Waals surface area (Å²) in [5.74, 6) is -0.528. The van der Waals surface area contributed by atoms with Crippen LogP contribution < -0.4 is 0 Å². The van der Waals surface area contributed by atoms with E-state index >= 15 is 0 Å². The van der Waals surface area contributed by atoms with Crippen LogP contribution in [0.2, 0.25) is 0 Å². The molecule has 1 aliphatic rings. The van der Waals surface area contributed by atoms with E-state index in [-0.39, 0.29) is 17.7 Å². The fraction of sp³-hybridized carbons (Fsp3) is 0.417. The predicted molar refractivity (Wildman–Crippen MR) is 66.6 cm³/mol. The number of methoxy groups -OCH3 is 1. The molecule has 0 heterocycles. The van der Waals surface area contributed by atoms with Crippen LogP contribution in [-0.4, -0.2) is 13.1 Å². The van der Waals surface area contributed by atoms with E-state index in [4.69, 9.17) is 4.74 Å². The van der Waals surface area contributed by atoms with Crippen molar-refractivity contribution in [2.24, 2.45) is 5.92 Å². The number of ether oxygens (including phenoxy) is 1. The molecule has 4 heteroatoms. The second-order valence-corrected chi connectivity index (χ2v) is 5.29. The third kappa shape index (κ3) is 2.53. The van der Waals surface area contributed by atoms with Gasteiger partial charge in [-0.1, -0.05) is 0 Å². The van der Waals surface area contributed by atoms with Crippen LogP contribution in [0.25, 0.3) is 0 Å². The lowest BCUT2D eigenvalue weighted by Crippen LogP contribution is -2.16. The zero-order chi connectivity index (χ0) is 11.7. The van der Waals surface area contributed by atoms with Crippen molar-refractivity contribution in [3.8, 4) is 0 Å². The van der Waals surface area contributed by atoms with Gasteiger partial charge in [-0.15, -0.1) is 0 Å². The van der Waals surface area contributed by atoms with E-state index < -0.39 is 0 Å². The Morgan fingerprint density at radius 2 is 2.19 bits per heavy atom. The summed E-state index contributed by atoms with van der Waals surface area (Å²) in [7, 11) is 1.38. The van der Waals surface area contributed by atoms with Gasteiger partial charge in [0.2, 0.25) is 0 Å². The van der Waals surface area contributed by atoms with Gasteiger partial charge in [-0.2, -0.15) is 0 Å². The molecule has 0 aromatic heterocycles. The van der Waals surface area contributed by atoms with E-state index in [0.29, 0.717) is 5.92 Å². The van der Waals surface area contributed by atoms with Gasteiger partial charge < -0.3 is 4.74 Å². The lowest BCUT2D eigenvalue weighted by Gasteiger charge is -2.14. The summed E-state index contributed by atoms with van der Waals surface area (Å²) in [6, 6.07) is 4.73. The Labute approximate surface area is 107 Å². The van der Waals surface area contributed by atoms with E-state index in [1.54, 1.807) is 0 Å². The number of carbonyl (C=O) groups is 1. The summed E-state index contributed by atoms with van der Waals surface area (Å²) in [4.78, 5) is 11.7. The topological polar surface area (TPSA) is 26.3 Å². The Hall–Kier alpha value is -0.650. The van der Waals surface area contributed by atoms with Gasteiger partial charge in [0.15, 0.2) is 0 Å².